The van der Waals surface area contributed by atoms with Gasteiger partial charge in [0.15, 0.2) is 0 Å². The molecule has 1 atom stereocenters. The van der Waals surface area contributed by atoms with Crippen LogP contribution >= 0.6 is 23.4 Å². The van der Waals surface area contributed by atoms with Crippen molar-refractivity contribution < 1.29 is 19.5 Å². The van der Waals surface area contributed by atoms with Gasteiger partial charge in [0.05, 0.1) is 15.8 Å². The fourth-order valence-corrected chi connectivity index (χ4v) is 4.36. The molecule has 0 radical (unpaired) electrons. The third-order valence-electron chi connectivity index (χ3n) is 4.89. The highest BCUT2D eigenvalue weighted by atomic mass is 35.5. The van der Waals surface area contributed by atoms with Crippen LogP contribution in [0.2, 0.25) is 5.02 Å². The summed E-state index contributed by atoms with van der Waals surface area (Å²) in [4.78, 5) is 37.5. The van der Waals surface area contributed by atoms with Crippen LogP contribution in [0.15, 0.2) is 71.6 Å². The zero-order valence-corrected chi connectivity index (χ0v) is 19.7. The minimum Gasteiger partial charge on any atom is -0.478 e. The number of aromatic carboxylic acids is 1. The van der Waals surface area contributed by atoms with Crippen molar-refractivity contribution in [1.82, 2.24) is 0 Å². The van der Waals surface area contributed by atoms with Crippen molar-refractivity contribution in [2.45, 2.75) is 30.4 Å². The number of amides is 2. The molecule has 8 heteroatoms. The number of hydrogen-bond donors (Lipinski definition) is 3. The Kier molecular flexibility index (Phi) is 8.14. The molecule has 0 aliphatic heterocycles. The molecule has 0 fully saturated rings. The number of thioether (sulfide) groups is 1. The first-order valence-electron chi connectivity index (χ1n) is 10.3. The van der Waals surface area contributed by atoms with E-state index < -0.39 is 11.2 Å². The third kappa shape index (κ3) is 6.37. The predicted octanol–water partition coefficient (Wildman–Crippen LogP) is 6.11. The van der Waals surface area contributed by atoms with E-state index in [1.807, 2.05) is 50.2 Å². The molecule has 33 heavy (non-hydrogen) atoms. The number of hydrogen-bond acceptors (Lipinski definition) is 4. The van der Waals surface area contributed by atoms with Gasteiger partial charge in [-0.3, -0.25) is 9.59 Å². The summed E-state index contributed by atoms with van der Waals surface area (Å²) in [5.41, 5.74) is 2.40. The average molecular weight is 483 g/mol. The summed E-state index contributed by atoms with van der Waals surface area (Å²) in [5, 5.41) is 14.6. The summed E-state index contributed by atoms with van der Waals surface area (Å²) in [6.07, 6.45) is 0.551. The minimum absolute atomic E-state index is 0.0766. The molecule has 1 unspecified atom stereocenters. The largest absolute Gasteiger partial charge is 0.478 e. The van der Waals surface area contributed by atoms with Gasteiger partial charge in [0, 0.05) is 21.8 Å². The van der Waals surface area contributed by atoms with Gasteiger partial charge in [-0.15, -0.1) is 11.8 Å². The molecule has 170 valence electrons. The van der Waals surface area contributed by atoms with Crippen LogP contribution in [0.25, 0.3) is 0 Å². The second-order valence-corrected chi connectivity index (χ2v) is 8.98. The second-order valence-electron chi connectivity index (χ2n) is 7.30. The van der Waals surface area contributed by atoms with E-state index in [1.165, 1.54) is 23.9 Å². The molecule has 2 amide bonds. The Labute approximate surface area is 201 Å². The van der Waals surface area contributed by atoms with Crippen LogP contribution in [-0.4, -0.2) is 28.1 Å². The Morgan fingerprint density at radius 1 is 0.939 bits per heavy atom. The highest BCUT2D eigenvalue weighted by Crippen LogP contribution is 2.29. The van der Waals surface area contributed by atoms with Gasteiger partial charge in [-0.2, -0.15) is 0 Å². The van der Waals surface area contributed by atoms with Gasteiger partial charge >= 0.3 is 5.97 Å². The van der Waals surface area contributed by atoms with Crippen molar-refractivity contribution in [3.8, 4) is 0 Å². The molecule has 0 aliphatic carbocycles. The van der Waals surface area contributed by atoms with Crippen molar-refractivity contribution >= 4 is 52.5 Å². The first kappa shape index (κ1) is 24.4. The molecule has 0 spiro atoms. The fourth-order valence-electron chi connectivity index (χ4n) is 3.15. The van der Waals surface area contributed by atoms with E-state index in [1.54, 1.807) is 18.2 Å². The van der Waals surface area contributed by atoms with E-state index in [-0.39, 0.29) is 22.4 Å². The molecule has 3 aromatic carbocycles. The summed E-state index contributed by atoms with van der Waals surface area (Å²) in [5.74, 6) is -1.62. The molecule has 0 aliphatic rings. The summed E-state index contributed by atoms with van der Waals surface area (Å²) < 4.78 is 0. The molecule has 3 aromatic rings. The van der Waals surface area contributed by atoms with Gasteiger partial charge in [0.25, 0.3) is 5.91 Å². The highest BCUT2D eigenvalue weighted by Gasteiger charge is 2.20. The van der Waals surface area contributed by atoms with E-state index in [0.29, 0.717) is 23.4 Å². The molecule has 3 N–H and O–H groups in total. The Bertz CT molecular complexity index is 1200. The fraction of sp³-hybridized carbons (Fsp3) is 0.160. The second kappa shape index (κ2) is 11.0. The van der Waals surface area contributed by atoms with Crippen LogP contribution in [-0.2, 0) is 4.79 Å². The predicted molar refractivity (Wildman–Crippen MR) is 133 cm³/mol. The maximum absolute atomic E-state index is 12.8. The molecular formula is C25H23ClN2O4S. The number of carboxylic acids is 1. The van der Waals surface area contributed by atoms with Crippen molar-refractivity contribution in [2.75, 3.05) is 10.6 Å². The lowest BCUT2D eigenvalue weighted by Crippen LogP contribution is -2.24. The highest BCUT2D eigenvalue weighted by molar-refractivity contribution is 8.00. The Morgan fingerprint density at radius 3 is 2.36 bits per heavy atom. The summed E-state index contributed by atoms with van der Waals surface area (Å²) >= 11 is 7.26. The number of halogens is 1. The van der Waals surface area contributed by atoms with Crippen LogP contribution < -0.4 is 10.6 Å². The Balaban J connectivity index is 1.69. The number of rotatable bonds is 8. The lowest BCUT2D eigenvalue weighted by molar-refractivity contribution is -0.115. The Morgan fingerprint density at radius 2 is 1.67 bits per heavy atom. The number of anilines is 2. The average Bonchev–Trinajstić information content (AvgIpc) is 2.79. The summed E-state index contributed by atoms with van der Waals surface area (Å²) in [6, 6.07) is 19.0. The number of carbonyl (C=O) groups excluding carboxylic acids is 2. The first-order valence-corrected chi connectivity index (χ1v) is 11.5. The third-order valence-corrected chi connectivity index (χ3v) is 6.58. The van der Waals surface area contributed by atoms with Gasteiger partial charge in [-0.05, 0) is 61.4 Å². The van der Waals surface area contributed by atoms with Crippen molar-refractivity contribution in [1.29, 1.82) is 0 Å². The van der Waals surface area contributed by atoms with E-state index in [4.69, 9.17) is 11.6 Å². The quantitative estimate of drug-likeness (QED) is 0.337. The number of carbonyl (C=O) groups is 3. The molecular weight excluding hydrogens is 460 g/mol. The molecule has 0 saturated carbocycles. The zero-order valence-electron chi connectivity index (χ0n) is 18.1. The van der Waals surface area contributed by atoms with Gasteiger partial charge in [-0.1, -0.05) is 42.8 Å². The maximum Gasteiger partial charge on any atom is 0.337 e. The van der Waals surface area contributed by atoms with Gasteiger partial charge in [0.1, 0.15) is 0 Å². The SMILES string of the molecule is CCC(Sc1cccc(NC(=O)c2ccccc2C)c1)C(=O)Nc1ccc(Cl)c(C(=O)O)c1. The van der Waals surface area contributed by atoms with Crippen LogP contribution in [0.4, 0.5) is 11.4 Å². The Hall–Kier alpha value is -3.29. The zero-order chi connectivity index (χ0) is 24.0. The van der Waals surface area contributed by atoms with Crippen LogP contribution in [0.1, 0.15) is 39.6 Å². The van der Waals surface area contributed by atoms with Crippen LogP contribution in [0.3, 0.4) is 0 Å². The maximum atomic E-state index is 12.8. The monoisotopic (exact) mass is 482 g/mol. The number of nitrogens with one attached hydrogen (secondary N) is 2. The number of benzene rings is 3. The summed E-state index contributed by atoms with van der Waals surface area (Å²) in [7, 11) is 0. The standard InChI is InChI=1S/C25H23ClN2O4S/c1-3-22(24(30)28-17-11-12-21(26)20(14-17)25(31)32)33-18-9-6-8-16(13-18)27-23(29)19-10-5-4-7-15(19)2/h4-14,22H,3H2,1-2H3,(H,27,29)(H,28,30)(H,31,32). The number of carboxylic acid groups (broad SMARTS) is 1. The van der Waals surface area contributed by atoms with E-state index in [9.17, 15) is 19.5 Å². The van der Waals surface area contributed by atoms with Crippen molar-refractivity contribution in [3.63, 3.8) is 0 Å². The van der Waals surface area contributed by atoms with Crippen molar-refractivity contribution in [3.05, 3.63) is 88.4 Å². The molecule has 0 bridgehead atoms. The molecule has 0 heterocycles. The number of aryl methyl sites for hydroxylation is 1. The molecule has 0 aromatic heterocycles. The molecule has 0 saturated heterocycles. The normalized spacial score (nSPS) is 11.5. The smallest absolute Gasteiger partial charge is 0.337 e. The van der Waals surface area contributed by atoms with Gasteiger partial charge < -0.3 is 15.7 Å². The van der Waals surface area contributed by atoms with E-state index in [2.05, 4.69) is 10.6 Å². The summed E-state index contributed by atoms with van der Waals surface area (Å²) in [6.45, 7) is 3.78. The van der Waals surface area contributed by atoms with E-state index >= 15 is 0 Å². The topological polar surface area (TPSA) is 95.5 Å². The first-order chi connectivity index (χ1) is 15.8. The lowest BCUT2D eigenvalue weighted by atomic mass is 10.1. The molecule has 3 rings (SSSR count). The minimum atomic E-state index is -1.16. The van der Waals surface area contributed by atoms with Gasteiger partial charge in [0.2, 0.25) is 5.91 Å². The lowest BCUT2D eigenvalue weighted by Gasteiger charge is -2.16. The molecule has 6 nitrogen and oxygen atoms in total. The van der Waals surface area contributed by atoms with Crippen LogP contribution in [0, 0.1) is 6.92 Å². The van der Waals surface area contributed by atoms with E-state index in [0.717, 1.165) is 10.5 Å². The van der Waals surface area contributed by atoms with Crippen molar-refractivity contribution in [2.24, 2.45) is 0 Å². The van der Waals surface area contributed by atoms with Gasteiger partial charge in [-0.25, -0.2) is 4.79 Å². The van der Waals surface area contributed by atoms with Crippen LogP contribution in [0.5, 0.6) is 0 Å².